The van der Waals surface area contributed by atoms with Crippen LogP contribution in [0.3, 0.4) is 0 Å². The summed E-state index contributed by atoms with van der Waals surface area (Å²) in [6, 6.07) is 9.73. The molecular weight excluding hydrogens is 422 g/mol. The maximum absolute atomic E-state index is 12.3. The maximum Gasteiger partial charge on any atom is 0.333 e. The molecule has 0 unspecified atom stereocenters. The molecule has 0 spiro atoms. The molecule has 3 rings (SSSR count). The minimum Gasteiger partial charge on any atom is -0.496 e. The van der Waals surface area contributed by atoms with Gasteiger partial charge in [-0.1, -0.05) is 12.1 Å². The van der Waals surface area contributed by atoms with Crippen LogP contribution in [0.5, 0.6) is 17.2 Å². The van der Waals surface area contributed by atoms with E-state index in [2.05, 4.69) is 4.57 Å². The molecule has 33 heavy (non-hydrogen) atoms. The Balaban J connectivity index is 2.41. The van der Waals surface area contributed by atoms with Gasteiger partial charge in [0.15, 0.2) is 18.3 Å². The summed E-state index contributed by atoms with van der Waals surface area (Å²) < 4.78 is 29.7. The minimum absolute atomic E-state index is 0.0703. The van der Waals surface area contributed by atoms with Crippen molar-refractivity contribution in [2.45, 2.75) is 20.8 Å². The van der Waals surface area contributed by atoms with Crippen LogP contribution in [0.4, 0.5) is 0 Å². The normalized spacial score (nSPS) is 11.5. The third-order valence-corrected chi connectivity index (χ3v) is 5.52. The fourth-order valence-corrected chi connectivity index (χ4v) is 4.12. The predicted octanol–water partition coefficient (Wildman–Crippen LogP) is 5.12. The average molecular weight is 454 g/mol. The zero-order valence-electron chi connectivity index (χ0n) is 20.3. The topological polar surface area (TPSA) is 68.2 Å². The van der Waals surface area contributed by atoms with Crippen molar-refractivity contribution in [1.29, 1.82) is 0 Å². The molecule has 0 aliphatic carbocycles. The molecule has 0 atom stereocenters. The summed E-state index contributed by atoms with van der Waals surface area (Å²) in [5.74, 6) is 1.52. The number of aromatic nitrogens is 1. The highest BCUT2D eigenvalue weighted by Crippen LogP contribution is 2.46. The van der Waals surface area contributed by atoms with Gasteiger partial charge in [-0.05, 0) is 50.6 Å². The molecule has 3 aromatic rings. The number of benzene rings is 2. The molecule has 176 valence electrons. The lowest BCUT2D eigenvalue weighted by molar-refractivity contribution is -0.138. The van der Waals surface area contributed by atoms with E-state index in [1.807, 2.05) is 50.4 Å². The number of aryl methyl sites for hydroxylation is 2. The van der Waals surface area contributed by atoms with E-state index >= 15 is 0 Å². The lowest BCUT2D eigenvalue weighted by Gasteiger charge is -2.15. The third-order valence-electron chi connectivity index (χ3n) is 5.52. The van der Waals surface area contributed by atoms with E-state index in [9.17, 15) is 4.79 Å². The van der Waals surface area contributed by atoms with E-state index in [1.165, 1.54) is 0 Å². The summed E-state index contributed by atoms with van der Waals surface area (Å²) >= 11 is 0. The van der Waals surface area contributed by atoms with E-state index in [0.717, 1.165) is 39.0 Å². The summed E-state index contributed by atoms with van der Waals surface area (Å²) in [6.45, 7) is 5.94. The minimum atomic E-state index is -0.361. The lowest BCUT2D eigenvalue weighted by Crippen LogP contribution is -2.05. The molecule has 7 nitrogen and oxygen atoms in total. The number of carbonyl (C=O) groups excluding carboxylic acids is 1. The molecule has 1 heterocycles. The lowest BCUT2D eigenvalue weighted by atomic mass is 10.0. The predicted molar refractivity (Wildman–Crippen MR) is 129 cm³/mol. The Labute approximate surface area is 194 Å². The molecule has 0 aliphatic rings. The van der Waals surface area contributed by atoms with Crippen LogP contribution < -0.4 is 14.2 Å². The van der Waals surface area contributed by atoms with Crippen LogP contribution in [-0.2, 0) is 21.3 Å². The monoisotopic (exact) mass is 453 g/mol. The van der Waals surface area contributed by atoms with E-state index in [4.69, 9.17) is 23.7 Å². The van der Waals surface area contributed by atoms with Crippen LogP contribution in [-0.4, -0.2) is 45.3 Å². The molecule has 0 radical (unpaired) electrons. The Morgan fingerprint density at radius 3 is 2.42 bits per heavy atom. The van der Waals surface area contributed by atoms with Crippen molar-refractivity contribution in [3.8, 4) is 28.5 Å². The molecule has 0 bridgehead atoms. The zero-order valence-corrected chi connectivity index (χ0v) is 20.3. The van der Waals surface area contributed by atoms with Gasteiger partial charge in [-0.15, -0.1) is 0 Å². The van der Waals surface area contributed by atoms with Crippen molar-refractivity contribution >= 4 is 22.9 Å². The quantitative estimate of drug-likeness (QED) is 0.254. The molecule has 0 fully saturated rings. The fraction of sp³-hybridized carbons (Fsp3) is 0.346. The van der Waals surface area contributed by atoms with Crippen molar-refractivity contribution in [2.75, 3.05) is 34.7 Å². The Morgan fingerprint density at radius 1 is 1.09 bits per heavy atom. The Bertz CT molecular complexity index is 1190. The SMILES string of the molecule is CCOC(=O)/C(C)=C/c1cc(OC)c(OCOC)c2c(C)c(-c3ccccc3OC)n(C)c12. The number of carbonyl (C=O) groups is 1. The summed E-state index contributed by atoms with van der Waals surface area (Å²) in [5, 5.41) is 0.873. The van der Waals surface area contributed by atoms with Gasteiger partial charge in [0.1, 0.15) is 5.75 Å². The first kappa shape index (κ1) is 24.2. The highest BCUT2D eigenvalue weighted by atomic mass is 16.7. The highest BCUT2D eigenvalue weighted by Gasteiger charge is 2.25. The van der Waals surface area contributed by atoms with Crippen molar-refractivity contribution in [3.05, 3.63) is 47.0 Å². The number of methoxy groups -OCH3 is 3. The van der Waals surface area contributed by atoms with Crippen LogP contribution in [0.15, 0.2) is 35.9 Å². The second-order valence-electron chi connectivity index (χ2n) is 7.55. The second kappa shape index (κ2) is 10.4. The molecule has 2 aromatic carbocycles. The van der Waals surface area contributed by atoms with Gasteiger partial charge in [0.25, 0.3) is 0 Å². The van der Waals surface area contributed by atoms with Crippen LogP contribution in [0.25, 0.3) is 28.2 Å². The van der Waals surface area contributed by atoms with Gasteiger partial charge in [-0.3, -0.25) is 0 Å². The summed E-state index contributed by atoms with van der Waals surface area (Å²) in [6.07, 6.45) is 1.81. The first-order valence-electron chi connectivity index (χ1n) is 10.7. The van der Waals surface area contributed by atoms with Crippen LogP contribution in [0.2, 0.25) is 0 Å². The molecule has 7 heteroatoms. The van der Waals surface area contributed by atoms with Gasteiger partial charge in [-0.25, -0.2) is 4.79 Å². The number of fused-ring (bicyclic) bond motifs is 1. The molecule has 1 aromatic heterocycles. The van der Waals surface area contributed by atoms with E-state index in [-0.39, 0.29) is 12.8 Å². The van der Waals surface area contributed by atoms with Gasteiger partial charge in [-0.2, -0.15) is 0 Å². The van der Waals surface area contributed by atoms with E-state index < -0.39 is 0 Å². The highest BCUT2D eigenvalue weighted by molar-refractivity contribution is 6.04. The van der Waals surface area contributed by atoms with Crippen LogP contribution in [0, 0.1) is 6.92 Å². The second-order valence-corrected chi connectivity index (χ2v) is 7.55. The summed E-state index contributed by atoms with van der Waals surface area (Å²) in [4.78, 5) is 12.3. The molecule has 0 saturated heterocycles. The number of nitrogens with zero attached hydrogens (tertiary/aromatic N) is 1. The van der Waals surface area contributed by atoms with Gasteiger partial charge in [0, 0.05) is 36.2 Å². The summed E-state index contributed by atoms with van der Waals surface area (Å²) in [7, 11) is 6.80. The van der Waals surface area contributed by atoms with Gasteiger partial charge in [0.2, 0.25) is 0 Å². The standard InChI is InChI=1S/C26H31NO6/c1-8-32-26(28)16(2)13-18-14-21(31-7)25(33-15-29-5)22-17(3)23(27(4)24(18)22)19-11-9-10-12-20(19)30-6/h9-14H,8,15H2,1-7H3/b16-13+. The maximum atomic E-state index is 12.3. The number of ether oxygens (including phenoxy) is 5. The fourth-order valence-electron chi connectivity index (χ4n) is 4.12. The molecule has 0 aliphatic heterocycles. The van der Waals surface area contributed by atoms with Crippen LogP contribution in [0.1, 0.15) is 25.0 Å². The zero-order chi connectivity index (χ0) is 24.1. The van der Waals surface area contributed by atoms with Crippen molar-refractivity contribution in [1.82, 2.24) is 4.57 Å². The Kier molecular flexibility index (Phi) is 7.66. The smallest absolute Gasteiger partial charge is 0.333 e. The Hall–Kier alpha value is -3.45. The average Bonchev–Trinajstić information content (AvgIpc) is 3.08. The van der Waals surface area contributed by atoms with E-state index in [0.29, 0.717) is 23.7 Å². The van der Waals surface area contributed by atoms with Gasteiger partial charge >= 0.3 is 5.97 Å². The Morgan fingerprint density at radius 2 is 1.79 bits per heavy atom. The van der Waals surface area contributed by atoms with E-state index in [1.54, 1.807) is 35.2 Å². The van der Waals surface area contributed by atoms with Crippen molar-refractivity contribution in [3.63, 3.8) is 0 Å². The third kappa shape index (κ3) is 4.54. The number of hydrogen-bond donors (Lipinski definition) is 0. The molecule has 0 saturated carbocycles. The number of para-hydroxylation sites is 1. The van der Waals surface area contributed by atoms with Crippen molar-refractivity contribution in [2.24, 2.45) is 7.05 Å². The van der Waals surface area contributed by atoms with Gasteiger partial charge < -0.3 is 28.3 Å². The van der Waals surface area contributed by atoms with Crippen molar-refractivity contribution < 1.29 is 28.5 Å². The van der Waals surface area contributed by atoms with Crippen LogP contribution >= 0.6 is 0 Å². The number of hydrogen-bond acceptors (Lipinski definition) is 6. The van der Waals surface area contributed by atoms with Gasteiger partial charge in [0.05, 0.1) is 32.0 Å². The molecule has 0 N–H and O–H groups in total. The molecular formula is C26H31NO6. The first-order chi connectivity index (χ1) is 15.9. The number of rotatable bonds is 9. The molecule has 0 amide bonds. The summed E-state index contributed by atoms with van der Waals surface area (Å²) in [5.41, 5.74) is 5.10. The largest absolute Gasteiger partial charge is 0.496 e. The number of esters is 1. The first-order valence-corrected chi connectivity index (χ1v) is 10.7.